The Morgan fingerprint density at radius 2 is 1.88 bits per heavy atom. The molecule has 0 radical (unpaired) electrons. The van der Waals surface area contributed by atoms with E-state index in [1.165, 1.54) is 31.4 Å². The van der Waals surface area contributed by atoms with Crippen molar-refractivity contribution in [1.29, 1.82) is 0 Å². The standard InChI is InChI=1S/C19H24O7/c1-11-5-3-7-14(20)18(23)15(21)8-4-6-12-9-13(25-2)10-16(22)17(12)19(24)26-11/h3-4,6-7,9-11,14-15,18,20-23H,5,8H2,1-2H3/t11-,14-,15-,18+/m0/s1. The number of phenols is 1. The predicted molar refractivity (Wildman–Crippen MR) is 95.0 cm³/mol. The molecule has 1 aromatic carbocycles. The highest BCUT2D eigenvalue weighted by Crippen LogP contribution is 2.30. The summed E-state index contributed by atoms with van der Waals surface area (Å²) in [6.07, 6.45) is 2.00. The molecule has 26 heavy (non-hydrogen) atoms. The Bertz CT molecular complexity index is 695. The van der Waals surface area contributed by atoms with Crippen LogP contribution in [0.25, 0.3) is 6.08 Å². The van der Waals surface area contributed by atoms with Gasteiger partial charge in [0.2, 0.25) is 0 Å². The highest BCUT2D eigenvalue weighted by atomic mass is 16.5. The molecular weight excluding hydrogens is 340 g/mol. The Labute approximate surface area is 151 Å². The number of rotatable bonds is 1. The third kappa shape index (κ3) is 4.85. The first-order chi connectivity index (χ1) is 12.3. The van der Waals surface area contributed by atoms with Crippen LogP contribution in [0.4, 0.5) is 0 Å². The van der Waals surface area contributed by atoms with Crippen molar-refractivity contribution in [2.24, 2.45) is 0 Å². The molecule has 7 nitrogen and oxygen atoms in total. The van der Waals surface area contributed by atoms with Gasteiger partial charge in [0.25, 0.3) is 0 Å². The van der Waals surface area contributed by atoms with Gasteiger partial charge >= 0.3 is 5.97 Å². The van der Waals surface area contributed by atoms with Gasteiger partial charge in [-0.3, -0.25) is 0 Å². The SMILES string of the molecule is COc1cc(O)c2c(c1)C=CC[C@H](O)[C@H](O)[C@@H](O)C=CC[C@H](C)OC2=O. The minimum absolute atomic E-state index is 0.00925. The molecule has 0 bridgehead atoms. The summed E-state index contributed by atoms with van der Waals surface area (Å²) < 4.78 is 10.4. The van der Waals surface area contributed by atoms with Gasteiger partial charge in [-0.2, -0.15) is 0 Å². The van der Waals surface area contributed by atoms with E-state index in [0.717, 1.165) is 0 Å². The molecule has 0 unspecified atom stereocenters. The monoisotopic (exact) mass is 364 g/mol. The fraction of sp³-hybridized carbons (Fsp3) is 0.421. The van der Waals surface area contributed by atoms with Crippen LogP contribution in [0, 0.1) is 0 Å². The van der Waals surface area contributed by atoms with Crippen molar-refractivity contribution in [3.63, 3.8) is 0 Å². The van der Waals surface area contributed by atoms with Gasteiger partial charge in [-0.05, 0) is 25.0 Å². The number of benzene rings is 1. The maximum atomic E-state index is 12.5. The second-order valence-electron chi connectivity index (χ2n) is 6.18. The normalized spacial score (nSPS) is 27.3. The van der Waals surface area contributed by atoms with E-state index >= 15 is 0 Å². The average Bonchev–Trinajstić information content (AvgIpc) is 2.59. The number of carbonyl (C=O) groups excluding carboxylic acids is 1. The van der Waals surface area contributed by atoms with Crippen molar-refractivity contribution in [1.82, 2.24) is 0 Å². The van der Waals surface area contributed by atoms with Crippen LogP contribution in [0.15, 0.2) is 30.4 Å². The van der Waals surface area contributed by atoms with Crippen LogP contribution >= 0.6 is 0 Å². The number of aliphatic hydroxyl groups is 3. The molecule has 4 N–H and O–H groups in total. The van der Waals surface area contributed by atoms with Gasteiger partial charge in [0.1, 0.15) is 35.4 Å². The lowest BCUT2D eigenvalue weighted by molar-refractivity contribution is -0.0394. The summed E-state index contributed by atoms with van der Waals surface area (Å²) >= 11 is 0. The lowest BCUT2D eigenvalue weighted by Gasteiger charge is -2.20. The summed E-state index contributed by atoms with van der Waals surface area (Å²) in [5, 5.41) is 40.0. The molecule has 0 aromatic heterocycles. The fourth-order valence-electron chi connectivity index (χ4n) is 2.61. The Hall–Kier alpha value is -2.35. The van der Waals surface area contributed by atoms with Crippen molar-refractivity contribution in [3.05, 3.63) is 41.5 Å². The van der Waals surface area contributed by atoms with E-state index in [4.69, 9.17) is 9.47 Å². The number of esters is 1. The molecule has 1 aromatic rings. The summed E-state index contributed by atoms with van der Waals surface area (Å²) in [5.74, 6) is -0.615. The molecule has 1 aliphatic heterocycles. The van der Waals surface area contributed by atoms with E-state index in [9.17, 15) is 25.2 Å². The Balaban J connectivity index is 2.44. The van der Waals surface area contributed by atoms with Gasteiger partial charge in [0, 0.05) is 12.5 Å². The summed E-state index contributed by atoms with van der Waals surface area (Å²) in [5.41, 5.74) is 0.346. The summed E-state index contributed by atoms with van der Waals surface area (Å²) in [6, 6.07) is 2.87. The third-order valence-corrected chi connectivity index (χ3v) is 4.09. The Kier molecular flexibility index (Phi) is 6.79. The molecule has 1 heterocycles. The van der Waals surface area contributed by atoms with Crippen LogP contribution < -0.4 is 4.74 Å². The van der Waals surface area contributed by atoms with Gasteiger partial charge < -0.3 is 29.9 Å². The lowest BCUT2D eigenvalue weighted by atomic mass is 10.0. The van der Waals surface area contributed by atoms with E-state index in [1.54, 1.807) is 19.1 Å². The molecule has 0 amide bonds. The van der Waals surface area contributed by atoms with E-state index in [-0.39, 0.29) is 17.7 Å². The number of fused-ring (bicyclic) bond motifs is 1. The van der Waals surface area contributed by atoms with Gasteiger partial charge in [0.15, 0.2) is 0 Å². The maximum absolute atomic E-state index is 12.5. The Morgan fingerprint density at radius 3 is 2.58 bits per heavy atom. The molecule has 142 valence electrons. The highest BCUT2D eigenvalue weighted by Gasteiger charge is 2.23. The molecule has 0 saturated heterocycles. The fourth-order valence-corrected chi connectivity index (χ4v) is 2.61. The number of hydrogen-bond acceptors (Lipinski definition) is 7. The second-order valence-corrected chi connectivity index (χ2v) is 6.18. The van der Waals surface area contributed by atoms with Crippen LogP contribution in [-0.2, 0) is 4.74 Å². The van der Waals surface area contributed by atoms with Crippen LogP contribution in [0.3, 0.4) is 0 Å². The van der Waals surface area contributed by atoms with Crippen molar-refractivity contribution >= 4 is 12.0 Å². The lowest BCUT2D eigenvalue weighted by Crippen LogP contribution is -2.35. The molecule has 1 aliphatic rings. The smallest absolute Gasteiger partial charge is 0.342 e. The van der Waals surface area contributed by atoms with Gasteiger partial charge in [0.05, 0.1) is 13.2 Å². The molecule has 0 spiro atoms. The van der Waals surface area contributed by atoms with E-state index in [2.05, 4.69) is 0 Å². The molecule has 0 saturated carbocycles. The molecule has 7 heteroatoms. The van der Waals surface area contributed by atoms with E-state index in [0.29, 0.717) is 17.7 Å². The highest BCUT2D eigenvalue weighted by molar-refractivity contribution is 5.97. The number of hydrogen-bond donors (Lipinski definition) is 4. The zero-order chi connectivity index (χ0) is 19.3. The van der Waals surface area contributed by atoms with Crippen molar-refractivity contribution in [2.45, 2.75) is 44.2 Å². The molecule has 0 fully saturated rings. The minimum atomic E-state index is -1.35. The zero-order valence-electron chi connectivity index (χ0n) is 14.7. The summed E-state index contributed by atoms with van der Waals surface area (Å²) in [4.78, 5) is 12.5. The predicted octanol–water partition coefficient (Wildman–Crippen LogP) is 1.39. The quantitative estimate of drug-likeness (QED) is 0.439. The number of phenolic OH excluding ortho intramolecular Hbond substituents is 1. The maximum Gasteiger partial charge on any atom is 0.342 e. The first kappa shape index (κ1) is 20.0. The average molecular weight is 364 g/mol. The second kappa shape index (κ2) is 8.84. The van der Waals surface area contributed by atoms with Crippen LogP contribution in [-0.4, -0.2) is 57.9 Å². The van der Waals surface area contributed by atoms with Gasteiger partial charge in [-0.15, -0.1) is 0 Å². The number of aliphatic hydroxyl groups excluding tert-OH is 3. The minimum Gasteiger partial charge on any atom is -0.507 e. The first-order valence-corrected chi connectivity index (χ1v) is 8.32. The number of carbonyl (C=O) groups is 1. The topological polar surface area (TPSA) is 116 Å². The third-order valence-electron chi connectivity index (χ3n) is 4.09. The number of aromatic hydroxyl groups is 1. The molecular formula is C19H24O7. The van der Waals surface area contributed by atoms with Crippen LogP contribution in [0.5, 0.6) is 11.5 Å². The Morgan fingerprint density at radius 1 is 1.15 bits per heavy atom. The largest absolute Gasteiger partial charge is 0.507 e. The van der Waals surface area contributed by atoms with E-state index in [1.807, 2.05) is 0 Å². The number of methoxy groups -OCH3 is 1. The van der Waals surface area contributed by atoms with Gasteiger partial charge in [-0.25, -0.2) is 4.79 Å². The van der Waals surface area contributed by atoms with Crippen molar-refractivity contribution in [3.8, 4) is 11.5 Å². The zero-order valence-corrected chi connectivity index (χ0v) is 14.7. The van der Waals surface area contributed by atoms with Gasteiger partial charge in [-0.1, -0.05) is 24.3 Å². The van der Waals surface area contributed by atoms with E-state index < -0.39 is 30.4 Å². The van der Waals surface area contributed by atoms with Crippen LogP contribution in [0.2, 0.25) is 0 Å². The number of ether oxygens (including phenoxy) is 2. The first-order valence-electron chi connectivity index (χ1n) is 8.32. The summed E-state index contributed by atoms with van der Waals surface area (Å²) in [6.45, 7) is 1.67. The van der Waals surface area contributed by atoms with Crippen LogP contribution in [0.1, 0.15) is 35.7 Å². The number of cyclic esters (lactones) is 1. The van der Waals surface area contributed by atoms with Crippen molar-refractivity contribution < 1.29 is 34.7 Å². The van der Waals surface area contributed by atoms with Crippen molar-refractivity contribution in [2.75, 3.05) is 7.11 Å². The molecule has 2 rings (SSSR count). The molecule has 4 atom stereocenters. The molecule has 0 aliphatic carbocycles. The summed E-state index contributed by atoms with van der Waals surface area (Å²) in [7, 11) is 1.43.